The molecule has 3 aromatic rings. The molecule has 0 radical (unpaired) electrons. The van der Waals surface area contributed by atoms with Gasteiger partial charge in [0.25, 0.3) is 5.91 Å². The molecule has 0 aliphatic carbocycles. The van der Waals surface area contributed by atoms with E-state index in [-0.39, 0.29) is 5.91 Å². The molecule has 1 N–H and O–H groups in total. The standard InChI is InChI=1S/C19H18N4O2S/c24-18(16-2-1-7-20-17(16)23-9-11-25-12-10-23)22-15-5-3-14(4-6-15)19-21-8-13-26-19/h1-8,13H,9-12H2,(H,22,24). The van der Waals surface area contributed by atoms with Gasteiger partial charge in [0.2, 0.25) is 0 Å². The molecule has 1 amide bonds. The first-order chi connectivity index (χ1) is 12.8. The number of hydrogen-bond donors (Lipinski definition) is 1. The van der Waals surface area contributed by atoms with Crippen molar-refractivity contribution in [3.63, 3.8) is 0 Å². The number of thiazole rings is 1. The topological polar surface area (TPSA) is 67.4 Å². The van der Waals surface area contributed by atoms with E-state index in [1.165, 1.54) is 0 Å². The maximum Gasteiger partial charge on any atom is 0.259 e. The molecule has 2 aromatic heterocycles. The van der Waals surface area contributed by atoms with Crippen LogP contribution in [0.15, 0.2) is 54.2 Å². The van der Waals surface area contributed by atoms with Gasteiger partial charge in [0.15, 0.2) is 0 Å². The smallest absolute Gasteiger partial charge is 0.259 e. The molecular weight excluding hydrogens is 348 g/mol. The monoisotopic (exact) mass is 366 g/mol. The van der Waals surface area contributed by atoms with Crippen LogP contribution in [-0.4, -0.2) is 42.2 Å². The van der Waals surface area contributed by atoms with Crippen LogP contribution in [0.5, 0.6) is 0 Å². The molecule has 26 heavy (non-hydrogen) atoms. The van der Waals surface area contributed by atoms with Gasteiger partial charge < -0.3 is 15.0 Å². The summed E-state index contributed by atoms with van der Waals surface area (Å²) in [5.41, 5.74) is 2.35. The second-order valence-electron chi connectivity index (χ2n) is 5.84. The fraction of sp³-hybridized carbons (Fsp3) is 0.211. The summed E-state index contributed by atoms with van der Waals surface area (Å²) in [6.07, 6.45) is 3.50. The van der Waals surface area contributed by atoms with Crippen molar-refractivity contribution >= 4 is 28.7 Å². The van der Waals surface area contributed by atoms with E-state index in [4.69, 9.17) is 4.74 Å². The number of pyridine rings is 1. The van der Waals surface area contributed by atoms with Crippen molar-refractivity contribution in [2.75, 3.05) is 36.5 Å². The zero-order chi connectivity index (χ0) is 17.8. The predicted octanol–water partition coefficient (Wildman–Crippen LogP) is 3.29. The number of ether oxygens (including phenoxy) is 1. The number of aromatic nitrogens is 2. The molecule has 6 nitrogen and oxygen atoms in total. The molecule has 0 bridgehead atoms. The lowest BCUT2D eigenvalue weighted by molar-refractivity contribution is 0.102. The van der Waals surface area contributed by atoms with E-state index in [1.54, 1.807) is 35.9 Å². The first-order valence-corrected chi connectivity index (χ1v) is 9.28. The molecule has 1 aliphatic rings. The molecule has 1 saturated heterocycles. The second kappa shape index (κ2) is 7.63. The number of nitrogens with zero attached hydrogens (tertiary/aromatic N) is 3. The Morgan fingerprint density at radius 2 is 1.88 bits per heavy atom. The van der Waals surface area contributed by atoms with Gasteiger partial charge in [-0.2, -0.15) is 0 Å². The van der Waals surface area contributed by atoms with Gasteiger partial charge in [0.05, 0.1) is 18.8 Å². The average Bonchev–Trinajstić information content (AvgIpc) is 3.24. The number of hydrogen-bond acceptors (Lipinski definition) is 6. The fourth-order valence-electron chi connectivity index (χ4n) is 2.86. The molecule has 0 saturated carbocycles. The molecular formula is C19H18N4O2S. The van der Waals surface area contributed by atoms with Gasteiger partial charge in [0, 0.05) is 42.1 Å². The fourth-order valence-corrected chi connectivity index (χ4v) is 3.51. The van der Waals surface area contributed by atoms with Gasteiger partial charge >= 0.3 is 0 Å². The first kappa shape index (κ1) is 16.7. The molecule has 0 atom stereocenters. The maximum atomic E-state index is 12.8. The lowest BCUT2D eigenvalue weighted by Crippen LogP contribution is -2.38. The van der Waals surface area contributed by atoms with Crippen LogP contribution in [0.2, 0.25) is 0 Å². The van der Waals surface area contributed by atoms with Crippen LogP contribution in [0.3, 0.4) is 0 Å². The number of rotatable bonds is 4. The minimum Gasteiger partial charge on any atom is -0.378 e. The van der Waals surface area contributed by atoms with Crippen LogP contribution >= 0.6 is 11.3 Å². The quantitative estimate of drug-likeness (QED) is 0.767. The first-order valence-electron chi connectivity index (χ1n) is 8.40. The van der Waals surface area contributed by atoms with E-state index < -0.39 is 0 Å². The Kier molecular flexibility index (Phi) is 4.90. The summed E-state index contributed by atoms with van der Waals surface area (Å²) in [5.74, 6) is 0.536. The van der Waals surface area contributed by atoms with Crippen LogP contribution in [0, 0.1) is 0 Å². The summed E-state index contributed by atoms with van der Waals surface area (Å²) in [5, 5.41) is 5.86. The highest BCUT2D eigenvalue weighted by Gasteiger charge is 2.20. The largest absolute Gasteiger partial charge is 0.378 e. The van der Waals surface area contributed by atoms with Crippen LogP contribution in [0.25, 0.3) is 10.6 Å². The van der Waals surface area contributed by atoms with Crippen molar-refractivity contribution in [3.05, 3.63) is 59.7 Å². The lowest BCUT2D eigenvalue weighted by atomic mass is 10.2. The molecule has 7 heteroatoms. The third kappa shape index (κ3) is 3.58. The predicted molar refractivity (Wildman–Crippen MR) is 103 cm³/mol. The second-order valence-corrected chi connectivity index (χ2v) is 6.74. The summed E-state index contributed by atoms with van der Waals surface area (Å²) >= 11 is 1.59. The molecule has 1 aliphatic heterocycles. The minimum absolute atomic E-state index is 0.165. The molecule has 3 heterocycles. The maximum absolute atomic E-state index is 12.8. The minimum atomic E-state index is -0.165. The highest BCUT2D eigenvalue weighted by molar-refractivity contribution is 7.13. The van der Waals surface area contributed by atoms with Crippen molar-refractivity contribution in [1.29, 1.82) is 0 Å². The Morgan fingerprint density at radius 1 is 1.08 bits per heavy atom. The highest BCUT2D eigenvalue weighted by Crippen LogP contribution is 2.24. The molecule has 1 fully saturated rings. The Balaban J connectivity index is 1.51. The van der Waals surface area contributed by atoms with Crippen LogP contribution in [0.1, 0.15) is 10.4 Å². The zero-order valence-corrected chi connectivity index (χ0v) is 14.9. The van der Waals surface area contributed by atoms with E-state index in [0.29, 0.717) is 24.6 Å². The Morgan fingerprint density at radius 3 is 2.62 bits per heavy atom. The van der Waals surface area contributed by atoms with E-state index in [0.717, 1.165) is 29.3 Å². The average molecular weight is 366 g/mol. The summed E-state index contributed by atoms with van der Waals surface area (Å²) in [6.45, 7) is 2.77. The number of carbonyl (C=O) groups excluding carboxylic acids is 1. The number of carbonyl (C=O) groups is 1. The van der Waals surface area contributed by atoms with E-state index in [9.17, 15) is 4.79 Å². The van der Waals surface area contributed by atoms with Crippen molar-refractivity contribution in [3.8, 4) is 10.6 Å². The Bertz CT molecular complexity index is 875. The van der Waals surface area contributed by atoms with Crippen LogP contribution in [-0.2, 0) is 4.74 Å². The summed E-state index contributed by atoms with van der Waals surface area (Å²) in [4.78, 5) is 23.6. The van der Waals surface area contributed by atoms with Gasteiger partial charge in [-0.15, -0.1) is 11.3 Å². The van der Waals surface area contributed by atoms with E-state index >= 15 is 0 Å². The zero-order valence-electron chi connectivity index (χ0n) is 14.1. The lowest BCUT2D eigenvalue weighted by Gasteiger charge is -2.29. The number of nitrogens with one attached hydrogen (secondary N) is 1. The molecule has 1 aromatic carbocycles. The van der Waals surface area contributed by atoms with E-state index in [1.807, 2.05) is 29.6 Å². The van der Waals surface area contributed by atoms with Gasteiger partial charge in [-0.3, -0.25) is 4.79 Å². The molecule has 0 spiro atoms. The highest BCUT2D eigenvalue weighted by atomic mass is 32.1. The van der Waals surface area contributed by atoms with Crippen molar-refractivity contribution in [1.82, 2.24) is 9.97 Å². The third-order valence-electron chi connectivity index (χ3n) is 4.16. The van der Waals surface area contributed by atoms with Crippen LogP contribution in [0.4, 0.5) is 11.5 Å². The molecule has 0 unspecified atom stereocenters. The van der Waals surface area contributed by atoms with Gasteiger partial charge in [-0.1, -0.05) is 0 Å². The Labute approximate surface area is 155 Å². The van der Waals surface area contributed by atoms with Gasteiger partial charge in [-0.25, -0.2) is 9.97 Å². The van der Waals surface area contributed by atoms with Crippen LogP contribution < -0.4 is 10.2 Å². The number of morpholine rings is 1. The normalized spacial score (nSPS) is 14.2. The van der Waals surface area contributed by atoms with E-state index in [2.05, 4.69) is 20.2 Å². The van der Waals surface area contributed by atoms with Crippen molar-refractivity contribution < 1.29 is 9.53 Å². The van der Waals surface area contributed by atoms with Crippen molar-refractivity contribution in [2.45, 2.75) is 0 Å². The molecule has 4 rings (SSSR count). The summed E-state index contributed by atoms with van der Waals surface area (Å²) in [6, 6.07) is 11.3. The SMILES string of the molecule is O=C(Nc1ccc(-c2nccs2)cc1)c1cccnc1N1CCOCC1. The molecule has 132 valence electrons. The summed E-state index contributed by atoms with van der Waals surface area (Å²) in [7, 11) is 0. The van der Waals surface area contributed by atoms with Crippen molar-refractivity contribution in [2.24, 2.45) is 0 Å². The number of benzene rings is 1. The number of anilines is 2. The number of amides is 1. The Hall–Kier alpha value is -2.77. The van der Waals surface area contributed by atoms with Gasteiger partial charge in [0.1, 0.15) is 10.8 Å². The van der Waals surface area contributed by atoms with Gasteiger partial charge in [-0.05, 0) is 36.4 Å². The third-order valence-corrected chi connectivity index (χ3v) is 4.99. The summed E-state index contributed by atoms with van der Waals surface area (Å²) < 4.78 is 5.38.